The summed E-state index contributed by atoms with van der Waals surface area (Å²) < 4.78 is 24.1. The first-order valence-electron chi connectivity index (χ1n) is 7.89. The number of nitrogens with one attached hydrogen (secondary N) is 1. The second-order valence-corrected chi connectivity index (χ2v) is 8.81. The first-order valence-corrected chi connectivity index (χ1v) is 10.7. The number of nitrogens with zero attached hydrogens (tertiary/aromatic N) is 3. The molecule has 0 saturated carbocycles. The summed E-state index contributed by atoms with van der Waals surface area (Å²) in [4.78, 5) is 27.5. The minimum absolute atomic E-state index is 0.0548. The maximum Gasteiger partial charge on any atom is 0.340 e. The van der Waals surface area contributed by atoms with Gasteiger partial charge in [0.25, 0.3) is 5.56 Å². The van der Waals surface area contributed by atoms with E-state index < -0.39 is 18.4 Å². The molecule has 11 nitrogen and oxygen atoms in total. The van der Waals surface area contributed by atoms with E-state index in [2.05, 4.69) is 15.0 Å². The maximum atomic E-state index is 12.5. The number of imidazole rings is 1. The van der Waals surface area contributed by atoms with Crippen LogP contribution in [0, 0.1) is 0 Å². The number of rotatable bonds is 11. The Kier molecular flexibility index (Phi) is 7.47. The lowest BCUT2D eigenvalue weighted by atomic mass is 10.5. The summed E-state index contributed by atoms with van der Waals surface area (Å²) in [6.45, 7) is 3.83. The van der Waals surface area contributed by atoms with Gasteiger partial charge in [-0.25, -0.2) is 4.98 Å². The molecule has 0 spiro atoms. The number of nitrogen functional groups attached to an aromatic ring is 1. The summed E-state index contributed by atoms with van der Waals surface area (Å²) in [5.74, 6) is -0.0599. The zero-order chi connectivity index (χ0) is 19.2. The molecule has 0 aliphatic heterocycles. The van der Waals surface area contributed by atoms with E-state index in [1.165, 1.54) is 22.8 Å². The van der Waals surface area contributed by atoms with Crippen molar-refractivity contribution in [3.05, 3.63) is 16.7 Å². The average molecular weight is 407 g/mol. The topological polar surface area (TPSA) is 155 Å². The van der Waals surface area contributed by atoms with Gasteiger partial charge in [0, 0.05) is 0 Å². The van der Waals surface area contributed by atoms with Crippen LogP contribution in [0.15, 0.2) is 11.1 Å². The van der Waals surface area contributed by atoms with Gasteiger partial charge < -0.3 is 24.7 Å². The molecule has 2 aromatic rings. The summed E-state index contributed by atoms with van der Waals surface area (Å²) >= 11 is 1.21. The van der Waals surface area contributed by atoms with Crippen molar-refractivity contribution < 1.29 is 23.6 Å². The number of nitrogens with two attached hydrogens (primary N) is 1. The van der Waals surface area contributed by atoms with Gasteiger partial charge in [0.1, 0.15) is 12.9 Å². The van der Waals surface area contributed by atoms with E-state index >= 15 is 0 Å². The van der Waals surface area contributed by atoms with Crippen LogP contribution >= 0.6 is 19.4 Å². The van der Waals surface area contributed by atoms with Gasteiger partial charge in [-0.1, -0.05) is 0 Å². The van der Waals surface area contributed by atoms with Gasteiger partial charge in [-0.2, -0.15) is 9.71 Å². The fourth-order valence-electron chi connectivity index (χ4n) is 2.02. The van der Waals surface area contributed by atoms with Crippen LogP contribution in [0.25, 0.3) is 11.2 Å². The van der Waals surface area contributed by atoms with Gasteiger partial charge >= 0.3 is 7.60 Å². The minimum atomic E-state index is -3.22. The third kappa shape index (κ3) is 5.21. The lowest BCUT2D eigenvalue weighted by molar-refractivity contribution is 0.106. The van der Waals surface area contributed by atoms with E-state index in [0.29, 0.717) is 0 Å². The standard InChI is InChI=1S/C13H22N5O6PS/c1-3-23-25(21,24-4-2)8-26-9(5-19)6-22-18-7-15-10-11(18)16-13(14)17-12(10)20/h7,9,19H,3-6,8H2,1-2H3,(H3,14,16,17,20). The molecule has 4 N–H and O–H groups in total. The highest BCUT2D eigenvalue weighted by Gasteiger charge is 2.26. The van der Waals surface area contributed by atoms with Crippen LogP contribution in [0.2, 0.25) is 0 Å². The third-order valence-electron chi connectivity index (χ3n) is 3.12. The van der Waals surface area contributed by atoms with Crippen LogP contribution in [0.1, 0.15) is 13.8 Å². The molecule has 146 valence electrons. The molecule has 0 fully saturated rings. The van der Waals surface area contributed by atoms with Crippen LogP contribution in [-0.4, -0.2) is 62.0 Å². The molecule has 2 rings (SSSR count). The van der Waals surface area contributed by atoms with Crippen molar-refractivity contribution >= 4 is 36.5 Å². The van der Waals surface area contributed by atoms with Gasteiger partial charge in [-0.05, 0) is 13.8 Å². The molecule has 2 heterocycles. The van der Waals surface area contributed by atoms with Crippen molar-refractivity contribution in [2.45, 2.75) is 19.1 Å². The van der Waals surface area contributed by atoms with Crippen molar-refractivity contribution in [1.29, 1.82) is 0 Å². The molecule has 1 unspecified atom stereocenters. The number of thioether (sulfide) groups is 1. The lowest BCUT2D eigenvalue weighted by Gasteiger charge is -2.20. The minimum Gasteiger partial charge on any atom is -0.410 e. The number of anilines is 1. The normalized spacial score (nSPS) is 13.2. The molecule has 26 heavy (non-hydrogen) atoms. The van der Waals surface area contributed by atoms with E-state index in [-0.39, 0.29) is 49.0 Å². The average Bonchev–Trinajstić information content (AvgIpc) is 2.99. The van der Waals surface area contributed by atoms with E-state index in [4.69, 9.17) is 19.6 Å². The first kappa shape index (κ1) is 20.7. The quantitative estimate of drug-likeness (QED) is 0.447. The fourth-order valence-corrected chi connectivity index (χ4v) is 5.31. The number of aromatic nitrogens is 4. The Labute approximate surface area is 153 Å². The van der Waals surface area contributed by atoms with Crippen LogP contribution in [0.3, 0.4) is 0 Å². The lowest BCUT2D eigenvalue weighted by Crippen LogP contribution is -2.25. The predicted molar refractivity (Wildman–Crippen MR) is 98.2 cm³/mol. The Morgan fingerprint density at radius 2 is 2.12 bits per heavy atom. The zero-order valence-corrected chi connectivity index (χ0v) is 16.2. The molecule has 13 heteroatoms. The van der Waals surface area contributed by atoms with E-state index in [0.717, 1.165) is 0 Å². The number of fused-ring (bicyclic) bond motifs is 1. The Morgan fingerprint density at radius 1 is 1.42 bits per heavy atom. The SMILES string of the molecule is CCOP(=O)(CSC(CO)COn1cnc2c(=O)[nH]c(N)nc21)OCC. The number of aromatic amines is 1. The summed E-state index contributed by atoms with van der Waals surface area (Å²) in [5, 5.41) is 9.12. The molecular formula is C13H22N5O6PS. The summed E-state index contributed by atoms with van der Waals surface area (Å²) in [5.41, 5.74) is 5.38. The van der Waals surface area contributed by atoms with E-state index in [1.54, 1.807) is 13.8 Å². The molecule has 0 radical (unpaired) electrons. The highest BCUT2D eigenvalue weighted by atomic mass is 32.2. The van der Waals surface area contributed by atoms with Gasteiger partial charge in [0.05, 0.1) is 30.6 Å². The molecule has 0 amide bonds. The molecule has 0 aromatic carbocycles. The Morgan fingerprint density at radius 3 is 2.73 bits per heavy atom. The van der Waals surface area contributed by atoms with Crippen molar-refractivity contribution in [2.75, 3.05) is 37.7 Å². The van der Waals surface area contributed by atoms with Crippen molar-refractivity contribution in [3.63, 3.8) is 0 Å². The van der Waals surface area contributed by atoms with E-state index in [9.17, 15) is 14.5 Å². The van der Waals surface area contributed by atoms with Gasteiger partial charge in [0.15, 0.2) is 5.52 Å². The fraction of sp³-hybridized carbons (Fsp3) is 0.615. The smallest absolute Gasteiger partial charge is 0.340 e. The third-order valence-corrected chi connectivity index (χ3v) is 7.04. The Hall–Kier alpha value is -1.59. The monoisotopic (exact) mass is 407 g/mol. The number of aliphatic hydroxyl groups excluding tert-OH is 1. The Balaban J connectivity index is 2.01. The van der Waals surface area contributed by atoms with Gasteiger partial charge in [-0.3, -0.25) is 14.3 Å². The highest BCUT2D eigenvalue weighted by Crippen LogP contribution is 2.51. The molecule has 0 bridgehead atoms. The molecule has 0 aliphatic rings. The van der Waals surface area contributed by atoms with Crippen molar-refractivity contribution in [1.82, 2.24) is 19.7 Å². The number of aliphatic hydroxyl groups is 1. The maximum absolute atomic E-state index is 12.5. The van der Waals surface area contributed by atoms with Crippen molar-refractivity contribution in [2.24, 2.45) is 0 Å². The number of hydrogen-bond acceptors (Lipinski definition) is 10. The summed E-state index contributed by atoms with van der Waals surface area (Å²) in [6, 6.07) is 0. The molecular weight excluding hydrogens is 385 g/mol. The first-order chi connectivity index (χ1) is 12.4. The molecule has 0 aliphatic carbocycles. The van der Waals surface area contributed by atoms with Crippen LogP contribution in [0.5, 0.6) is 0 Å². The van der Waals surface area contributed by atoms with Crippen LogP contribution in [-0.2, 0) is 13.6 Å². The highest BCUT2D eigenvalue weighted by molar-refractivity contribution is 8.05. The van der Waals surface area contributed by atoms with Gasteiger partial charge in [0.2, 0.25) is 11.6 Å². The molecule has 0 saturated heterocycles. The van der Waals surface area contributed by atoms with Gasteiger partial charge in [-0.15, -0.1) is 11.8 Å². The molecule has 2 aromatic heterocycles. The van der Waals surface area contributed by atoms with Crippen LogP contribution in [0.4, 0.5) is 5.95 Å². The zero-order valence-electron chi connectivity index (χ0n) is 14.5. The second kappa shape index (κ2) is 9.38. The predicted octanol–water partition coefficient (Wildman–Crippen LogP) is 0.448. The van der Waals surface area contributed by atoms with Crippen molar-refractivity contribution in [3.8, 4) is 0 Å². The molecule has 1 atom stereocenters. The largest absolute Gasteiger partial charge is 0.410 e. The summed E-state index contributed by atoms with van der Waals surface area (Å²) in [6.07, 6.45) is 1.29. The number of H-pyrrole nitrogens is 1. The number of hydrogen-bond donors (Lipinski definition) is 3. The summed E-state index contributed by atoms with van der Waals surface area (Å²) in [7, 11) is -3.22. The second-order valence-electron chi connectivity index (χ2n) is 5.04. The van der Waals surface area contributed by atoms with Crippen LogP contribution < -0.4 is 16.1 Å². The van der Waals surface area contributed by atoms with E-state index in [1.807, 2.05) is 0 Å². The Bertz CT molecular complexity index is 817.